The van der Waals surface area contributed by atoms with Gasteiger partial charge >= 0.3 is 0 Å². The van der Waals surface area contributed by atoms with Gasteiger partial charge in [0.1, 0.15) is 0 Å². The molecule has 0 aromatic rings. The van der Waals surface area contributed by atoms with Gasteiger partial charge in [0, 0.05) is 37.1 Å². The van der Waals surface area contributed by atoms with Gasteiger partial charge in [-0.1, -0.05) is 29.2 Å². The maximum atomic E-state index is 4.84. The Balaban J connectivity index is -0.00000000848. The van der Waals surface area contributed by atoms with Crippen molar-refractivity contribution in [3.8, 4) is 0 Å². The molecule has 0 saturated heterocycles. The summed E-state index contributed by atoms with van der Waals surface area (Å²) in [5.74, 6) is 0. The Morgan fingerprint density at radius 2 is 1.18 bits per heavy atom. The van der Waals surface area contributed by atoms with Gasteiger partial charge in [0.05, 0.1) is 0 Å². The van der Waals surface area contributed by atoms with Gasteiger partial charge in [-0.05, 0) is 16.5 Å². The number of rotatable bonds is 0. The molecule has 68 valence electrons. The average molecular weight is 344 g/mol. The van der Waals surface area contributed by atoms with Crippen molar-refractivity contribution in [1.29, 1.82) is 0 Å². The SMILES string of the molecule is C=CN.NC=CI.[CH3-].[CH3-].[V].[V]. The standard InChI is InChI=1S/C2H4IN.C2H5N.2CH3.2V/c3-1-2-4;1-2-3;;;;/h1-2H,4H2;2H,1,3H2;2*1H3;;/q;;2*-1;;. The van der Waals surface area contributed by atoms with Gasteiger partial charge in [0.25, 0.3) is 0 Å². The molecule has 0 atom stereocenters. The molecule has 5 heteroatoms. The first-order chi connectivity index (χ1) is 3.33. The van der Waals surface area contributed by atoms with Crippen LogP contribution >= 0.6 is 22.6 Å². The summed E-state index contributed by atoms with van der Waals surface area (Å²) in [7, 11) is 0. The first-order valence-corrected chi connectivity index (χ1v) is 2.87. The van der Waals surface area contributed by atoms with Crippen molar-refractivity contribution >= 4 is 22.6 Å². The number of hydrogen-bond acceptors (Lipinski definition) is 2. The van der Waals surface area contributed by atoms with E-state index in [1.165, 1.54) is 12.4 Å². The molecular weight excluding hydrogens is 329 g/mol. The van der Waals surface area contributed by atoms with Crippen molar-refractivity contribution in [2.45, 2.75) is 0 Å². The first-order valence-electron chi connectivity index (χ1n) is 1.63. The summed E-state index contributed by atoms with van der Waals surface area (Å²) in [5.41, 5.74) is 9.45. The molecule has 0 bridgehead atoms. The van der Waals surface area contributed by atoms with Crippen LogP contribution in [0.25, 0.3) is 0 Å². The third kappa shape index (κ3) is 226. The topological polar surface area (TPSA) is 52.0 Å². The van der Waals surface area contributed by atoms with Gasteiger partial charge in [0.15, 0.2) is 0 Å². The van der Waals surface area contributed by atoms with Gasteiger partial charge in [-0.2, -0.15) is 0 Å². The van der Waals surface area contributed by atoms with Crippen molar-refractivity contribution in [1.82, 2.24) is 0 Å². The van der Waals surface area contributed by atoms with E-state index in [0.29, 0.717) is 0 Å². The van der Waals surface area contributed by atoms with Crippen LogP contribution in [0.1, 0.15) is 0 Å². The Bertz CT molecular complexity index is 56.5. The zero-order chi connectivity index (χ0) is 6.12. The molecule has 4 N–H and O–H groups in total. The third-order valence-corrected chi connectivity index (χ3v) is 0.488. The van der Waals surface area contributed by atoms with Crippen LogP contribution in [0.2, 0.25) is 0 Å². The zero-order valence-electron chi connectivity index (χ0n) is 6.87. The number of nitrogens with two attached hydrogens (primary N) is 2. The smallest absolute Gasteiger partial charge is 0 e. The predicted molar refractivity (Wildman–Crippen MR) is 54.6 cm³/mol. The minimum atomic E-state index is 0. The monoisotopic (exact) mass is 344 g/mol. The van der Waals surface area contributed by atoms with Crippen LogP contribution in [0, 0.1) is 14.9 Å². The van der Waals surface area contributed by atoms with Gasteiger partial charge < -0.3 is 26.3 Å². The maximum Gasteiger partial charge on any atom is 0 e. The molecule has 0 aromatic carbocycles. The molecule has 0 spiro atoms. The van der Waals surface area contributed by atoms with Crippen molar-refractivity contribution < 1.29 is 37.1 Å². The number of hydrogen-bond donors (Lipinski definition) is 2. The molecule has 0 heterocycles. The molecule has 0 aliphatic rings. The summed E-state index contributed by atoms with van der Waals surface area (Å²) < 4.78 is 1.75. The second-order valence-electron chi connectivity index (χ2n) is 0.554. The summed E-state index contributed by atoms with van der Waals surface area (Å²) in [6, 6.07) is 0. The minimum Gasteiger partial charge on any atom is -0.405 e. The molecule has 0 aliphatic heterocycles. The largest absolute Gasteiger partial charge is 0.405 e. The Kier molecular flexibility index (Phi) is 254. The van der Waals surface area contributed by atoms with Crippen LogP contribution in [0.5, 0.6) is 0 Å². The summed E-state index contributed by atoms with van der Waals surface area (Å²) in [4.78, 5) is 0. The second-order valence-corrected chi connectivity index (χ2v) is 1.27. The van der Waals surface area contributed by atoms with E-state index in [0.717, 1.165) is 0 Å². The molecular formula is C6H15IN2V2-2. The normalized spacial score (nSPS) is 4.45. The van der Waals surface area contributed by atoms with E-state index in [4.69, 9.17) is 5.73 Å². The first kappa shape index (κ1) is 40.4. The van der Waals surface area contributed by atoms with E-state index in [1.807, 2.05) is 22.6 Å². The molecule has 0 aromatic heterocycles. The van der Waals surface area contributed by atoms with Crippen LogP contribution in [0.4, 0.5) is 0 Å². The van der Waals surface area contributed by atoms with Crippen molar-refractivity contribution in [3.63, 3.8) is 0 Å². The Hall–Kier alpha value is 0.979. The molecule has 2 radical (unpaired) electrons. The zero-order valence-corrected chi connectivity index (χ0v) is 11.8. The van der Waals surface area contributed by atoms with Gasteiger partial charge in [-0.25, -0.2) is 0 Å². The fourth-order valence-electron chi connectivity index (χ4n) is 0. The van der Waals surface area contributed by atoms with Crippen molar-refractivity contribution in [2.24, 2.45) is 11.5 Å². The summed E-state index contributed by atoms with van der Waals surface area (Å²) in [6.45, 7) is 3.14. The minimum absolute atomic E-state index is 0. The quantitative estimate of drug-likeness (QED) is 0.521. The van der Waals surface area contributed by atoms with Crippen molar-refractivity contribution in [3.05, 3.63) is 37.9 Å². The molecule has 2 nitrogen and oxygen atoms in total. The van der Waals surface area contributed by atoms with E-state index < -0.39 is 0 Å². The maximum absolute atomic E-state index is 4.84. The van der Waals surface area contributed by atoms with Crippen LogP contribution in [-0.4, -0.2) is 0 Å². The molecule has 0 amide bonds. The Morgan fingerprint density at radius 1 is 1.09 bits per heavy atom. The fourth-order valence-corrected chi connectivity index (χ4v) is 0. The van der Waals surface area contributed by atoms with Crippen LogP contribution in [0.3, 0.4) is 0 Å². The average Bonchev–Trinajstić information content (AvgIpc) is 1.69. The molecule has 11 heavy (non-hydrogen) atoms. The molecule has 0 aliphatic carbocycles. The Labute approximate surface area is 108 Å². The Morgan fingerprint density at radius 3 is 1.18 bits per heavy atom. The van der Waals surface area contributed by atoms with E-state index in [2.05, 4.69) is 12.3 Å². The third-order valence-electron chi connectivity index (χ3n) is 0.0727. The molecule has 0 rings (SSSR count). The van der Waals surface area contributed by atoms with E-state index in [-0.39, 0.29) is 52.0 Å². The summed E-state index contributed by atoms with van der Waals surface area (Å²) in [6.07, 6.45) is 2.74. The second kappa shape index (κ2) is 69.1. The number of halogens is 1. The predicted octanol–water partition coefficient (Wildman–Crippen LogP) is 1.84. The van der Waals surface area contributed by atoms with Crippen LogP contribution < -0.4 is 11.5 Å². The summed E-state index contributed by atoms with van der Waals surface area (Å²) in [5, 5.41) is 0. The van der Waals surface area contributed by atoms with E-state index in [9.17, 15) is 0 Å². The van der Waals surface area contributed by atoms with E-state index in [1.54, 1.807) is 4.08 Å². The molecule has 0 unspecified atom stereocenters. The van der Waals surface area contributed by atoms with Crippen LogP contribution in [0.15, 0.2) is 23.1 Å². The van der Waals surface area contributed by atoms with E-state index >= 15 is 0 Å². The van der Waals surface area contributed by atoms with Crippen molar-refractivity contribution in [2.75, 3.05) is 0 Å². The summed E-state index contributed by atoms with van der Waals surface area (Å²) >= 11 is 2.05. The van der Waals surface area contributed by atoms with Crippen LogP contribution in [-0.2, 0) is 37.1 Å². The van der Waals surface area contributed by atoms with Gasteiger partial charge in [0.2, 0.25) is 0 Å². The molecule has 0 saturated carbocycles. The van der Waals surface area contributed by atoms with Gasteiger partial charge in [-0.15, -0.1) is 0 Å². The molecule has 0 fully saturated rings. The fraction of sp³-hybridized carbons (Fsp3) is 0. The van der Waals surface area contributed by atoms with Gasteiger partial charge in [-0.3, -0.25) is 0 Å².